The SMILES string of the molecule is c1ccc(-c2nc(-c3ccccc3)c3oc4cccc(-c5cccc(-c6ccc7c(c6)c6ccccc6n7-c6ccccc6)c5)c4c3n2)cc1. The van der Waals surface area contributed by atoms with E-state index in [0.717, 1.165) is 55.7 Å². The lowest BCUT2D eigenvalue weighted by molar-refractivity contribution is 0.667. The van der Waals surface area contributed by atoms with E-state index < -0.39 is 0 Å². The zero-order valence-corrected chi connectivity index (χ0v) is 27.0. The van der Waals surface area contributed by atoms with Crippen molar-refractivity contribution in [3.63, 3.8) is 0 Å². The van der Waals surface area contributed by atoms with Crippen LogP contribution in [0.5, 0.6) is 0 Å². The Balaban J connectivity index is 1.16. The van der Waals surface area contributed by atoms with Crippen LogP contribution in [-0.2, 0) is 0 Å². The summed E-state index contributed by atoms with van der Waals surface area (Å²) in [4.78, 5) is 10.2. The first-order valence-corrected chi connectivity index (χ1v) is 16.8. The summed E-state index contributed by atoms with van der Waals surface area (Å²) in [7, 11) is 0. The van der Waals surface area contributed by atoms with Crippen LogP contribution in [0, 0.1) is 0 Å². The van der Waals surface area contributed by atoms with Gasteiger partial charge in [-0.25, -0.2) is 9.97 Å². The number of nitrogens with zero attached hydrogens (tertiary/aromatic N) is 3. The van der Waals surface area contributed by atoms with Crippen LogP contribution in [0.4, 0.5) is 0 Å². The van der Waals surface area contributed by atoms with Crippen molar-refractivity contribution in [1.29, 1.82) is 0 Å². The molecule has 10 rings (SSSR count). The Bertz CT molecular complexity index is 2850. The molecule has 0 radical (unpaired) electrons. The first kappa shape index (κ1) is 28.3. The topological polar surface area (TPSA) is 43.9 Å². The average molecular weight is 640 g/mol. The molecule has 0 aliphatic carbocycles. The molecule has 0 aliphatic rings. The van der Waals surface area contributed by atoms with Crippen molar-refractivity contribution in [3.8, 4) is 50.6 Å². The summed E-state index contributed by atoms with van der Waals surface area (Å²) in [5.74, 6) is 0.672. The zero-order chi connectivity index (χ0) is 33.0. The van der Waals surface area contributed by atoms with Gasteiger partial charge in [-0.2, -0.15) is 0 Å². The fourth-order valence-corrected chi connectivity index (χ4v) is 7.31. The predicted molar refractivity (Wildman–Crippen MR) is 205 cm³/mol. The van der Waals surface area contributed by atoms with E-state index in [4.69, 9.17) is 14.4 Å². The van der Waals surface area contributed by atoms with Crippen LogP contribution in [0.3, 0.4) is 0 Å². The number of hydrogen-bond acceptors (Lipinski definition) is 3. The van der Waals surface area contributed by atoms with Crippen molar-refractivity contribution in [1.82, 2.24) is 14.5 Å². The zero-order valence-electron chi connectivity index (χ0n) is 27.0. The van der Waals surface area contributed by atoms with Crippen molar-refractivity contribution in [2.24, 2.45) is 0 Å². The largest absolute Gasteiger partial charge is 0.452 e. The van der Waals surface area contributed by atoms with Gasteiger partial charge in [-0.1, -0.05) is 133 Å². The number of fused-ring (bicyclic) bond motifs is 6. The maximum absolute atomic E-state index is 6.61. The van der Waals surface area contributed by atoms with Crippen LogP contribution in [0.25, 0.3) is 94.5 Å². The molecule has 10 aromatic rings. The van der Waals surface area contributed by atoms with E-state index >= 15 is 0 Å². The Morgan fingerprint density at radius 1 is 0.440 bits per heavy atom. The van der Waals surface area contributed by atoms with Crippen LogP contribution in [-0.4, -0.2) is 14.5 Å². The van der Waals surface area contributed by atoms with Gasteiger partial charge in [0.15, 0.2) is 11.4 Å². The first-order chi connectivity index (χ1) is 24.8. The van der Waals surface area contributed by atoms with E-state index in [1.807, 2.05) is 42.5 Å². The molecule has 0 unspecified atom stereocenters. The van der Waals surface area contributed by atoms with Crippen LogP contribution in [0.2, 0.25) is 0 Å². The van der Waals surface area contributed by atoms with Crippen molar-refractivity contribution in [2.75, 3.05) is 0 Å². The molecule has 0 bridgehead atoms. The van der Waals surface area contributed by atoms with E-state index in [1.165, 1.54) is 27.4 Å². The summed E-state index contributed by atoms with van der Waals surface area (Å²) in [6, 6.07) is 61.5. The van der Waals surface area contributed by atoms with Gasteiger partial charge >= 0.3 is 0 Å². The van der Waals surface area contributed by atoms with Gasteiger partial charge in [0.2, 0.25) is 0 Å². The molecule has 0 aliphatic heterocycles. The van der Waals surface area contributed by atoms with Gasteiger partial charge in [-0.05, 0) is 64.7 Å². The number of furan rings is 1. The molecule has 0 fully saturated rings. The number of para-hydroxylation sites is 2. The molecule has 0 N–H and O–H groups in total. The van der Waals surface area contributed by atoms with Gasteiger partial charge in [-0.3, -0.25) is 0 Å². The van der Waals surface area contributed by atoms with Crippen LogP contribution >= 0.6 is 0 Å². The second-order valence-electron chi connectivity index (χ2n) is 12.6. The van der Waals surface area contributed by atoms with Gasteiger partial charge in [0, 0.05) is 27.6 Å². The Morgan fingerprint density at radius 2 is 1.08 bits per heavy atom. The third kappa shape index (κ3) is 4.54. The van der Waals surface area contributed by atoms with E-state index in [1.54, 1.807) is 0 Å². The summed E-state index contributed by atoms with van der Waals surface area (Å²) in [5.41, 5.74) is 13.1. The van der Waals surface area contributed by atoms with E-state index in [2.05, 4.69) is 138 Å². The molecule has 234 valence electrons. The quantitative estimate of drug-likeness (QED) is 0.188. The van der Waals surface area contributed by atoms with E-state index in [-0.39, 0.29) is 0 Å². The van der Waals surface area contributed by atoms with Crippen LogP contribution in [0.15, 0.2) is 180 Å². The standard InChI is InChI=1S/C46H29N3O/c1-4-14-30(15-5-1)43-45-44(48-46(47-43)31-16-6-2-7-17-31)42-36(23-13-25-41(42)50-45)34-19-12-18-32(28-34)33-26-27-40-38(29-33)37-22-10-11-24-39(37)49(40)35-20-8-3-9-21-35/h1-29H. The number of aromatic nitrogens is 3. The van der Waals surface area contributed by atoms with E-state index in [9.17, 15) is 0 Å². The molecule has 0 amide bonds. The molecule has 3 heterocycles. The summed E-state index contributed by atoms with van der Waals surface area (Å²) in [6.07, 6.45) is 0. The maximum atomic E-state index is 6.61. The molecule has 3 aromatic heterocycles. The minimum atomic E-state index is 0.672. The fourth-order valence-electron chi connectivity index (χ4n) is 7.31. The van der Waals surface area contributed by atoms with Gasteiger partial charge in [0.25, 0.3) is 0 Å². The third-order valence-corrected chi connectivity index (χ3v) is 9.61. The molecular formula is C46H29N3O. The monoisotopic (exact) mass is 639 g/mol. The smallest absolute Gasteiger partial charge is 0.180 e. The third-order valence-electron chi connectivity index (χ3n) is 9.61. The second-order valence-corrected chi connectivity index (χ2v) is 12.6. The molecule has 0 spiro atoms. The lowest BCUT2D eigenvalue weighted by Gasteiger charge is -2.10. The summed E-state index contributed by atoms with van der Waals surface area (Å²) >= 11 is 0. The summed E-state index contributed by atoms with van der Waals surface area (Å²) in [6.45, 7) is 0. The second kappa shape index (κ2) is 11.4. The Hall–Kier alpha value is -6.78. The first-order valence-electron chi connectivity index (χ1n) is 16.8. The highest BCUT2D eigenvalue weighted by Crippen LogP contribution is 2.41. The van der Waals surface area contributed by atoms with Gasteiger partial charge in [0.1, 0.15) is 16.8 Å². The Labute approximate surface area is 288 Å². The molecule has 4 nitrogen and oxygen atoms in total. The van der Waals surface area contributed by atoms with Crippen molar-refractivity contribution in [2.45, 2.75) is 0 Å². The van der Waals surface area contributed by atoms with E-state index in [0.29, 0.717) is 11.4 Å². The van der Waals surface area contributed by atoms with Crippen LogP contribution < -0.4 is 0 Å². The predicted octanol–water partition coefficient (Wildman–Crippen LogP) is 12.1. The summed E-state index contributed by atoms with van der Waals surface area (Å²) < 4.78 is 8.96. The molecule has 0 atom stereocenters. The van der Waals surface area contributed by atoms with Gasteiger partial charge in [-0.15, -0.1) is 0 Å². The van der Waals surface area contributed by atoms with Gasteiger partial charge < -0.3 is 8.98 Å². The molecule has 7 aromatic carbocycles. The molecule has 0 saturated carbocycles. The number of hydrogen-bond donors (Lipinski definition) is 0. The maximum Gasteiger partial charge on any atom is 0.180 e. The van der Waals surface area contributed by atoms with Crippen molar-refractivity contribution >= 4 is 43.9 Å². The molecule has 0 saturated heterocycles. The van der Waals surface area contributed by atoms with Crippen LogP contribution in [0.1, 0.15) is 0 Å². The number of rotatable bonds is 5. The Morgan fingerprint density at radius 3 is 1.90 bits per heavy atom. The Kier molecular flexibility index (Phi) is 6.46. The highest BCUT2D eigenvalue weighted by molar-refractivity contribution is 6.14. The lowest BCUT2D eigenvalue weighted by atomic mass is 9.96. The average Bonchev–Trinajstić information content (AvgIpc) is 3.74. The molecular weight excluding hydrogens is 611 g/mol. The molecule has 4 heteroatoms. The fraction of sp³-hybridized carbons (Fsp3) is 0. The minimum Gasteiger partial charge on any atom is -0.452 e. The van der Waals surface area contributed by atoms with Gasteiger partial charge in [0.05, 0.1) is 16.4 Å². The normalized spacial score (nSPS) is 11.6. The lowest BCUT2D eigenvalue weighted by Crippen LogP contribution is -1.94. The highest BCUT2D eigenvalue weighted by Gasteiger charge is 2.21. The minimum absolute atomic E-state index is 0.672. The van der Waals surface area contributed by atoms with Crippen molar-refractivity contribution in [3.05, 3.63) is 176 Å². The van der Waals surface area contributed by atoms with Crippen molar-refractivity contribution < 1.29 is 4.42 Å². The summed E-state index contributed by atoms with van der Waals surface area (Å²) in [5, 5.41) is 3.45. The number of benzene rings is 7. The molecule has 50 heavy (non-hydrogen) atoms. The highest BCUT2D eigenvalue weighted by atomic mass is 16.3.